The molecule has 1 fully saturated rings. The van der Waals surface area contributed by atoms with Crippen molar-refractivity contribution in [2.45, 2.75) is 25.7 Å². The maximum absolute atomic E-state index is 13.1. The van der Waals surface area contributed by atoms with Gasteiger partial charge in [0.15, 0.2) is 0 Å². The van der Waals surface area contributed by atoms with Gasteiger partial charge in [-0.25, -0.2) is 8.42 Å². The van der Waals surface area contributed by atoms with Gasteiger partial charge in [-0.2, -0.15) is 4.31 Å². The summed E-state index contributed by atoms with van der Waals surface area (Å²) >= 11 is 6.19. The Bertz CT molecular complexity index is 1010. The lowest BCUT2D eigenvalue weighted by Crippen LogP contribution is -2.48. The van der Waals surface area contributed by atoms with Crippen LogP contribution in [0.2, 0.25) is 5.02 Å². The Labute approximate surface area is 184 Å². The van der Waals surface area contributed by atoms with E-state index in [9.17, 15) is 13.2 Å². The fraction of sp³-hybridized carbons (Fsp3) is 0.409. The molecule has 0 aromatic heterocycles. The monoisotopic (exact) mass is 449 g/mol. The standard InChI is InChI=1S/C22H28ClN3O3S/c1-4-26(5-2)30(28,29)21-16-18(9-10-20(21)23)22(27)25-13-11-24(12-14-25)19-8-6-7-17(3)15-19/h6-10,15-16H,4-5,11-14H2,1-3H3. The van der Waals surface area contributed by atoms with Gasteiger partial charge in [-0.1, -0.05) is 37.6 Å². The highest BCUT2D eigenvalue weighted by atomic mass is 35.5. The van der Waals surface area contributed by atoms with Gasteiger partial charge in [-0.05, 0) is 42.8 Å². The van der Waals surface area contributed by atoms with Crippen molar-refractivity contribution in [1.29, 1.82) is 0 Å². The van der Waals surface area contributed by atoms with Gasteiger partial charge in [0.1, 0.15) is 4.90 Å². The van der Waals surface area contributed by atoms with Crippen LogP contribution in [-0.4, -0.2) is 62.8 Å². The number of sulfonamides is 1. The summed E-state index contributed by atoms with van der Waals surface area (Å²) in [5.74, 6) is -0.174. The number of aryl methyl sites for hydroxylation is 1. The van der Waals surface area contributed by atoms with Gasteiger partial charge in [0.25, 0.3) is 5.91 Å². The number of benzene rings is 2. The Hall–Kier alpha value is -2.09. The maximum atomic E-state index is 13.1. The molecule has 0 atom stereocenters. The molecule has 0 unspecified atom stereocenters. The number of halogens is 1. The summed E-state index contributed by atoms with van der Waals surface area (Å²) in [7, 11) is -3.75. The van der Waals surface area contributed by atoms with E-state index >= 15 is 0 Å². The number of carbonyl (C=O) groups excluding carboxylic acids is 1. The molecular formula is C22H28ClN3O3S. The summed E-state index contributed by atoms with van der Waals surface area (Å²) < 4.78 is 27.1. The van der Waals surface area contributed by atoms with E-state index in [1.165, 1.54) is 22.0 Å². The van der Waals surface area contributed by atoms with E-state index in [0.29, 0.717) is 31.7 Å². The van der Waals surface area contributed by atoms with Crippen LogP contribution in [0.25, 0.3) is 0 Å². The topological polar surface area (TPSA) is 60.9 Å². The molecule has 8 heteroatoms. The molecule has 1 amide bonds. The number of nitrogens with zero attached hydrogens (tertiary/aromatic N) is 3. The third kappa shape index (κ3) is 4.63. The van der Waals surface area contributed by atoms with Gasteiger partial charge in [-0.3, -0.25) is 4.79 Å². The molecule has 0 saturated carbocycles. The highest BCUT2D eigenvalue weighted by Crippen LogP contribution is 2.27. The zero-order valence-electron chi connectivity index (χ0n) is 17.6. The summed E-state index contributed by atoms with van der Waals surface area (Å²) in [5, 5.41) is 0.128. The molecule has 6 nitrogen and oxygen atoms in total. The molecule has 0 spiro atoms. The van der Waals surface area contributed by atoms with Crippen LogP contribution in [0.3, 0.4) is 0 Å². The first-order valence-corrected chi connectivity index (χ1v) is 12.0. The second-order valence-electron chi connectivity index (χ2n) is 7.35. The Kier molecular flexibility index (Phi) is 7.06. The van der Waals surface area contributed by atoms with Crippen molar-refractivity contribution >= 4 is 33.2 Å². The van der Waals surface area contributed by atoms with Crippen molar-refractivity contribution in [1.82, 2.24) is 9.21 Å². The average Bonchev–Trinajstić information content (AvgIpc) is 2.74. The van der Waals surface area contributed by atoms with Crippen molar-refractivity contribution in [3.05, 3.63) is 58.6 Å². The number of piperazine rings is 1. The Balaban J connectivity index is 1.77. The molecule has 1 heterocycles. The first-order chi connectivity index (χ1) is 14.3. The third-order valence-electron chi connectivity index (χ3n) is 5.44. The van der Waals surface area contributed by atoms with Gasteiger partial charge < -0.3 is 9.80 Å². The number of hydrogen-bond donors (Lipinski definition) is 0. The molecule has 30 heavy (non-hydrogen) atoms. The molecule has 0 radical (unpaired) electrons. The molecule has 3 rings (SSSR count). The second-order valence-corrected chi connectivity index (χ2v) is 9.67. The summed E-state index contributed by atoms with van der Waals surface area (Å²) in [4.78, 5) is 17.1. The molecule has 2 aromatic rings. The van der Waals surface area contributed by atoms with Crippen LogP contribution >= 0.6 is 11.6 Å². The highest BCUT2D eigenvalue weighted by molar-refractivity contribution is 7.89. The van der Waals surface area contributed by atoms with Crippen LogP contribution in [0.15, 0.2) is 47.4 Å². The molecule has 1 aliphatic rings. The summed E-state index contributed by atoms with van der Waals surface area (Å²) in [5.41, 5.74) is 2.70. The van der Waals surface area contributed by atoms with E-state index in [0.717, 1.165) is 18.8 Å². The van der Waals surface area contributed by atoms with Crippen LogP contribution in [0.4, 0.5) is 5.69 Å². The number of anilines is 1. The van der Waals surface area contributed by atoms with Crippen LogP contribution in [0, 0.1) is 6.92 Å². The fourth-order valence-corrected chi connectivity index (χ4v) is 5.67. The van der Waals surface area contributed by atoms with Gasteiger partial charge in [0.05, 0.1) is 5.02 Å². The predicted molar refractivity (Wildman–Crippen MR) is 121 cm³/mol. The SMILES string of the molecule is CCN(CC)S(=O)(=O)c1cc(C(=O)N2CCN(c3cccc(C)c3)CC2)ccc1Cl. The summed E-state index contributed by atoms with van der Waals surface area (Å²) in [6.07, 6.45) is 0. The smallest absolute Gasteiger partial charge is 0.254 e. The van der Waals surface area contributed by atoms with Gasteiger partial charge in [0.2, 0.25) is 10.0 Å². The quantitative estimate of drug-likeness (QED) is 0.675. The minimum absolute atomic E-state index is 0.0166. The number of hydrogen-bond acceptors (Lipinski definition) is 4. The zero-order valence-corrected chi connectivity index (χ0v) is 19.2. The zero-order chi connectivity index (χ0) is 21.9. The first-order valence-electron chi connectivity index (χ1n) is 10.2. The van der Waals surface area contributed by atoms with E-state index < -0.39 is 10.0 Å². The van der Waals surface area contributed by atoms with Gasteiger partial charge >= 0.3 is 0 Å². The number of amides is 1. The van der Waals surface area contributed by atoms with E-state index in [1.54, 1.807) is 24.8 Å². The average molecular weight is 450 g/mol. The molecular weight excluding hydrogens is 422 g/mol. The predicted octanol–water partition coefficient (Wildman–Crippen LogP) is 3.64. The van der Waals surface area contributed by atoms with E-state index in [-0.39, 0.29) is 15.8 Å². The Morgan fingerprint density at radius 3 is 2.30 bits per heavy atom. The normalized spacial score (nSPS) is 15.0. The molecule has 1 aliphatic heterocycles. The van der Waals surface area contributed by atoms with Crippen LogP contribution in [-0.2, 0) is 10.0 Å². The molecule has 0 aliphatic carbocycles. The number of carbonyl (C=O) groups is 1. The van der Waals surface area contributed by atoms with Crippen molar-refractivity contribution in [3.8, 4) is 0 Å². The molecule has 2 aromatic carbocycles. The van der Waals surface area contributed by atoms with Gasteiger partial charge in [-0.15, -0.1) is 0 Å². The summed E-state index contributed by atoms with van der Waals surface area (Å²) in [6.45, 7) is 8.91. The van der Waals surface area contributed by atoms with Crippen molar-refractivity contribution in [2.24, 2.45) is 0 Å². The Morgan fingerprint density at radius 1 is 1.03 bits per heavy atom. The van der Waals surface area contributed by atoms with Crippen molar-refractivity contribution < 1.29 is 13.2 Å². The highest BCUT2D eigenvalue weighted by Gasteiger charge is 2.28. The van der Waals surface area contributed by atoms with E-state index in [4.69, 9.17) is 11.6 Å². The van der Waals surface area contributed by atoms with Gasteiger partial charge in [0, 0.05) is 50.5 Å². The van der Waals surface area contributed by atoms with Crippen molar-refractivity contribution in [3.63, 3.8) is 0 Å². The Morgan fingerprint density at radius 2 is 1.70 bits per heavy atom. The lowest BCUT2D eigenvalue weighted by Gasteiger charge is -2.36. The number of rotatable bonds is 6. The van der Waals surface area contributed by atoms with E-state index in [2.05, 4.69) is 30.0 Å². The summed E-state index contributed by atoms with van der Waals surface area (Å²) in [6, 6.07) is 12.8. The fourth-order valence-electron chi connectivity index (χ4n) is 3.71. The molecule has 1 saturated heterocycles. The van der Waals surface area contributed by atoms with Crippen LogP contribution < -0.4 is 4.90 Å². The third-order valence-corrected chi connectivity index (χ3v) is 7.97. The molecule has 0 bridgehead atoms. The lowest BCUT2D eigenvalue weighted by molar-refractivity contribution is 0.0746. The van der Waals surface area contributed by atoms with Crippen molar-refractivity contribution in [2.75, 3.05) is 44.2 Å². The lowest BCUT2D eigenvalue weighted by atomic mass is 10.1. The second kappa shape index (κ2) is 9.37. The molecule has 162 valence electrons. The minimum atomic E-state index is -3.75. The molecule has 0 N–H and O–H groups in total. The van der Waals surface area contributed by atoms with Crippen LogP contribution in [0.1, 0.15) is 29.8 Å². The first kappa shape index (κ1) is 22.6. The maximum Gasteiger partial charge on any atom is 0.254 e. The largest absolute Gasteiger partial charge is 0.368 e. The van der Waals surface area contributed by atoms with Crippen LogP contribution in [0.5, 0.6) is 0 Å². The van der Waals surface area contributed by atoms with E-state index in [1.807, 2.05) is 6.07 Å². The minimum Gasteiger partial charge on any atom is -0.368 e.